The third-order valence-electron chi connectivity index (χ3n) is 4.21. The predicted molar refractivity (Wildman–Crippen MR) is 72.2 cm³/mol. The molecule has 3 rings (SSSR count). The lowest BCUT2D eigenvalue weighted by Gasteiger charge is -2.37. The van der Waals surface area contributed by atoms with Crippen LogP contribution in [0.25, 0.3) is 0 Å². The summed E-state index contributed by atoms with van der Waals surface area (Å²) in [5.41, 5.74) is 0.924. The fourth-order valence-electron chi connectivity index (χ4n) is 2.98. The summed E-state index contributed by atoms with van der Waals surface area (Å²) in [7, 11) is 0. The lowest BCUT2D eigenvalue weighted by Crippen LogP contribution is -2.52. The van der Waals surface area contributed by atoms with Gasteiger partial charge in [-0.05, 0) is 26.0 Å². The molecule has 2 fully saturated rings. The van der Waals surface area contributed by atoms with Crippen LogP contribution in [0.2, 0.25) is 0 Å². The summed E-state index contributed by atoms with van der Waals surface area (Å²) in [5, 5.41) is 3.40. The first-order valence-electron chi connectivity index (χ1n) is 7.04. The summed E-state index contributed by atoms with van der Waals surface area (Å²) in [6.07, 6.45) is 2.81. The van der Waals surface area contributed by atoms with Gasteiger partial charge >= 0.3 is 0 Å². The van der Waals surface area contributed by atoms with Crippen molar-refractivity contribution in [2.24, 2.45) is 0 Å². The smallest absolute Gasteiger partial charge is 0.289 e. The van der Waals surface area contributed by atoms with Crippen molar-refractivity contribution < 1.29 is 9.21 Å². The van der Waals surface area contributed by atoms with Crippen molar-refractivity contribution in [3.8, 4) is 0 Å². The standard InChI is InChI=1S/C14H21N3O2/c1-11-3-9-19-13(11)14(18)17-7-5-16(6-8-17)12-2-4-15-10-12/h3,9,12,15H,2,4-8,10H2,1H3. The number of aryl methyl sites for hydroxylation is 1. The van der Waals surface area contributed by atoms with Crippen molar-refractivity contribution in [2.75, 3.05) is 39.3 Å². The van der Waals surface area contributed by atoms with Gasteiger partial charge in [0.05, 0.1) is 6.26 Å². The number of hydrogen-bond donors (Lipinski definition) is 1. The van der Waals surface area contributed by atoms with E-state index in [0.717, 1.165) is 44.8 Å². The number of amides is 1. The largest absolute Gasteiger partial charge is 0.459 e. The van der Waals surface area contributed by atoms with Crippen LogP contribution < -0.4 is 5.32 Å². The number of nitrogens with one attached hydrogen (secondary N) is 1. The average Bonchev–Trinajstić information content (AvgIpc) is 3.09. The highest BCUT2D eigenvalue weighted by Crippen LogP contribution is 2.16. The second-order valence-corrected chi connectivity index (χ2v) is 5.41. The molecule has 0 aliphatic carbocycles. The van der Waals surface area contributed by atoms with Crippen LogP contribution in [0.1, 0.15) is 22.5 Å². The molecule has 1 aromatic heterocycles. The fraction of sp³-hybridized carbons (Fsp3) is 0.643. The third-order valence-corrected chi connectivity index (χ3v) is 4.21. The van der Waals surface area contributed by atoms with Crippen LogP contribution in [0.5, 0.6) is 0 Å². The first-order chi connectivity index (χ1) is 9.25. The zero-order valence-corrected chi connectivity index (χ0v) is 11.4. The highest BCUT2D eigenvalue weighted by Gasteiger charge is 2.29. The molecule has 1 aromatic rings. The Kier molecular flexibility index (Phi) is 3.57. The van der Waals surface area contributed by atoms with Crippen molar-refractivity contribution in [3.05, 3.63) is 23.7 Å². The number of furan rings is 1. The van der Waals surface area contributed by atoms with E-state index in [1.54, 1.807) is 6.26 Å². The molecule has 2 aliphatic heterocycles. The molecule has 0 spiro atoms. The van der Waals surface area contributed by atoms with Gasteiger partial charge in [0.1, 0.15) is 0 Å². The minimum Gasteiger partial charge on any atom is -0.459 e. The van der Waals surface area contributed by atoms with Crippen LogP contribution in [0.3, 0.4) is 0 Å². The Hall–Kier alpha value is -1.33. The SMILES string of the molecule is Cc1ccoc1C(=O)N1CCN(C2CCNC2)CC1. The maximum atomic E-state index is 12.3. The minimum atomic E-state index is 0.0340. The van der Waals surface area contributed by atoms with Crippen LogP contribution in [-0.4, -0.2) is 61.0 Å². The number of nitrogens with zero attached hydrogens (tertiary/aromatic N) is 2. The molecule has 5 heteroatoms. The van der Waals surface area contributed by atoms with Gasteiger partial charge < -0.3 is 14.6 Å². The first kappa shape index (κ1) is 12.7. The van der Waals surface area contributed by atoms with E-state index in [1.165, 1.54) is 6.42 Å². The van der Waals surface area contributed by atoms with E-state index in [-0.39, 0.29) is 5.91 Å². The van der Waals surface area contributed by atoms with Gasteiger partial charge in [0.2, 0.25) is 0 Å². The minimum absolute atomic E-state index is 0.0340. The van der Waals surface area contributed by atoms with Crippen molar-refractivity contribution >= 4 is 5.91 Å². The van der Waals surface area contributed by atoms with E-state index < -0.39 is 0 Å². The summed E-state index contributed by atoms with van der Waals surface area (Å²) in [6, 6.07) is 2.50. The van der Waals surface area contributed by atoms with Gasteiger partial charge in [-0.15, -0.1) is 0 Å². The molecule has 1 N–H and O–H groups in total. The summed E-state index contributed by atoms with van der Waals surface area (Å²) in [6.45, 7) is 7.67. The third kappa shape index (κ3) is 2.53. The molecule has 19 heavy (non-hydrogen) atoms. The van der Waals surface area contributed by atoms with Crippen LogP contribution in [0, 0.1) is 6.92 Å². The van der Waals surface area contributed by atoms with Crippen molar-refractivity contribution in [3.63, 3.8) is 0 Å². The molecule has 2 aliphatic rings. The van der Waals surface area contributed by atoms with E-state index in [4.69, 9.17) is 4.42 Å². The first-order valence-corrected chi connectivity index (χ1v) is 7.04. The number of carbonyl (C=O) groups excluding carboxylic acids is 1. The molecule has 104 valence electrons. The average molecular weight is 263 g/mol. The van der Waals surface area contributed by atoms with Gasteiger partial charge in [-0.2, -0.15) is 0 Å². The Labute approximate surface area is 113 Å². The number of rotatable bonds is 2. The van der Waals surface area contributed by atoms with Gasteiger partial charge in [0, 0.05) is 44.3 Å². The second-order valence-electron chi connectivity index (χ2n) is 5.41. The number of piperazine rings is 1. The van der Waals surface area contributed by atoms with Gasteiger partial charge in [-0.25, -0.2) is 0 Å². The maximum absolute atomic E-state index is 12.3. The number of hydrogen-bond acceptors (Lipinski definition) is 4. The Balaban J connectivity index is 1.58. The normalized spacial score (nSPS) is 24.9. The Morgan fingerprint density at radius 1 is 1.37 bits per heavy atom. The zero-order valence-electron chi connectivity index (χ0n) is 11.4. The van der Waals surface area contributed by atoms with Crippen LogP contribution >= 0.6 is 0 Å². The van der Waals surface area contributed by atoms with Gasteiger partial charge in [0.25, 0.3) is 5.91 Å². The van der Waals surface area contributed by atoms with Gasteiger partial charge in [-0.1, -0.05) is 0 Å². The quantitative estimate of drug-likeness (QED) is 0.853. The molecule has 1 amide bonds. The molecule has 3 heterocycles. The predicted octanol–water partition coefficient (Wildman–Crippen LogP) is 0.708. The van der Waals surface area contributed by atoms with Crippen LogP contribution in [0.4, 0.5) is 0 Å². The maximum Gasteiger partial charge on any atom is 0.289 e. The Morgan fingerprint density at radius 2 is 2.16 bits per heavy atom. The topological polar surface area (TPSA) is 48.7 Å². The molecule has 0 bridgehead atoms. The lowest BCUT2D eigenvalue weighted by molar-refractivity contribution is 0.0554. The summed E-state index contributed by atoms with van der Waals surface area (Å²) in [5.74, 6) is 0.530. The van der Waals surface area contributed by atoms with E-state index in [9.17, 15) is 4.79 Å². The summed E-state index contributed by atoms with van der Waals surface area (Å²) >= 11 is 0. The zero-order chi connectivity index (χ0) is 13.2. The van der Waals surface area contributed by atoms with Crippen LogP contribution in [0.15, 0.2) is 16.7 Å². The fourth-order valence-corrected chi connectivity index (χ4v) is 2.98. The highest BCUT2D eigenvalue weighted by atomic mass is 16.3. The molecule has 2 saturated heterocycles. The molecule has 1 atom stereocenters. The van der Waals surface area contributed by atoms with Crippen molar-refractivity contribution in [2.45, 2.75) is 19.4 Å². The lowest BCUT2D eigenvalue weighted by atomic mass is 10.1. The second kappa shape index (κ2) is 5.35. The summed E-state index contributed by atoms with van der Waals surface area (Å²) in [4.78, 5) is 16.7. The molecule has 0 saturated carbocycles. The monoisotopic (exact) mass is 263 g/mol. The van der Waals surface area contributed by atoms with Gasteiger partial charge in [-0.3, -0.25) is 9.69 Å². The Morgan fingerprint density at radius 3 is 2.74 bits per heavy atom. The molecule has 0 radical (unpaired) electrons. The molecular formula is C14H21N3O2. The highest BCUT2D eigenvalue weighted by molar-refractivity contribution is 5.92. The van der Waals surface area contributed by atoms with Crippen LogP contribution in [-0.2, 0) is 0 Å². The molecule has 0 aromatic carbocycles. The summed E-state index contributed by atoms with van der Waals surface area (Å²) < 4.78 is 5.29. The molecular weight excluding hydrogens is 242 g/mol. The van der Waals surface area contributed by atoms with Gasteiger partial charge in [0.15, 0.2) is 5.76 Å². The van der Waals surface area contributed by atoms with E-state index >= 15 is 0 Å². The molecule has 1 unspecified atom stereocenters. The Bertz CT molecular complexity index is 443. The molecule has 5 nitrogen and oxygen atoms in total. The van der Waals surface area contributed by atoms with E-state index in [0.29, 0.717) is 11.8 Å². The van der Waals surface area contributed by atoms with E-state index in [2.05, 4.69) is 10.2 Å². The number of carbonyl (C=O) groups is 1. The van der Waals surface area contributed by atoms with E-state index in [1.807, 2.05) is 17.9 Å². The van der Waals surface area contributed by atoms with Crippen molar-refractivity contribution in [1.29, 1.82) is 0 Å². The van der Waals surface area contributed by atoms with Crippen molar-refractivity contribution in [1.82, 2.24) is 15.1 Å².